The predicted octanol–water partition coefficient (Wildman–Crippen LogP) is 1.23. The zero-order valence-corrected chi connectivity index (χ0v) is 8.02. The molecule has 3 nitrogen and oxygen atoms in total. The number of ketones is 1. The van der Waals surface area contributed by atoms with E-state index in [4.69, 9.17) is 5.73 Å². The van der Waals surface area contributed by atoms with Crippen molar-refractivity contribution in [3.63, 3.8) is 0 Å². The van der Waals surface area contributed by atoms with Crippen LogP contribution in [0.5, 0.6) is 0 Å². The molecule has 12 heavy (non-hydrogen) atoms. The van der Waals surface area contributed by atoms with Crippen molar-refractivity contribution in [1.29, 1.82) is 0 Å². The number of Topliss-reactive ketones (excluding diaryl/α,β-unsaturated/α-hetero) is 1. The summed E-state index contributed by atoms with van der Waals surface area (Å²) in [5.41, 5.74) is 5.92. The zero-order chi connectivity index (χ0) is 9.14. The van der Waals surface area contributed by atoms with Gasteiger partial charge in [-0.25, -0.2) is 4.98 Å². The van der Waals surface area contributed by atoms with E-state index in [1.165, 1.54) is 11.3 Å². The van der Waals surface area contributed by atoms with E-state index in [1.807, 2.05) is 13.8 Å². The molecule has 0 aliphatic carbocycles. The van der Waals surface area contributed by atoms with Crippen LogP contribution in [0.3, 0.4) is 0 Å². The topological polar surface area (TPSA) is 56.0 Å². The van der Waals surface area contributed by atoms with Crippen LogP contribution < -0.4 is 5.73 Å². The normalized spacial score (nSPS) is 12.9. The third kappa shape index (κ3) is 1.89. The van der Waals surface area contributed by atoms with Crippen molar-refractivity contribution < 1.29 is 4.79 Å². The summed E-state index contributed by atoms with van der Waals surface area (Å²) in [6, 6.07) is 0. The van der Waals surface area contributed by atoms with E-state index in [0.717, 1.165) is 5.01 Å². The van der Waals surface area contributed by atoms with Crippen LogP contribution in [0.1, 0.15) is 22.4 Å². The summed E-state index contributed by atoms with van der Waals surface area (Å²) < 4.78 is 0. The van der Waals surface area contributed by atoms with E-state index in [1.54, 1.807) is 5.38 Å². The number of hydrogen-bond donors (Lipinski definition) is 1. The smallest absolute Gasteiger partial charge is 0.186 e. The highest BCUT2D eigenvalue weighted by atomic mass is 32.1. The van der Waals surface area contributed by atoms with E-state index in [-0.39, 0.29) is 11.7 Å². The van der Waals surface area contributed by atoms with Gasteiger partial charge in [-0.05, 0) is 6.92 Å². The Balaban J connectivity index is 2.78. The number of thiazole rings is 1. The van der Waals surface area contributed by atoms with Crippen molar-refractivity contribution in [3.05, 3.63) is 16.1 Å². The van der Waals surface area contributed by atoms with Crippen LogP contribution in [0.4, 0.5) is 0 Å². The molecule has 0 bridgehead atoms. The largest absolute Gasteiger partial charge is 0.330 e. The Kier molecular flexibility index (Phi) is 2.94. The molecule has 0 fully saturated rings. The lowest BCUT2D eigenvalue weighted by atomic mass is 10.1. The van der Waals surface area contributed by atoms with Crippen molar-refractivity contribution in [2.45, 2.75) is 13.8 Å². The van der Waals surface area contributed by atoms with Gasteiger partial charge in [0.15, 0.2) is 5.78 Å². The van der Waals surface area contributed by atoms with Gasteiger partial charge in [-0.3, -0.25) is 4.79 Å². The molecular weight excluding hydrogens is 172 g/mol. The SMILES string of the molecule is Cc1nc(C(=O)C(C)CN)cs1. The van der Waals surface area contributed by atoms with Crippen molar-refractivity contribution in [3.8, 4) is 0 Å². The summed E-state index contributed by atoms with van der Waals surface area (Å²) in [7, 11) is 0. The molecule has 1 rings (SSSR count). The van der Waals surface area contributed by atoms with Crippen molar-refractivity contribution in [2.75, 3.05) is 6.54 Å². The number of nitrogens with zero attached hydrogens (tertiary/aromatic N) is 1. The molecule has 2 N–H and O–H groups in total. The van der Waals surface area contributed by atoms with Gasteiger partial charge in [-0.2, -0.15) is 0 Å². The third-order valence-electron chi connectivity index (χ3n) is 1.67. The van der Waals surface area contributed by atoms with Crippen LogP contribution in [0.15, 0.2) is 5.38 Å². The molecule has 1 heterocycles. The molecule has 0 aliphatic rings. The Hall–Kier alpha value is -0.740. The van der Waals surface area contributed by atoms with E-state index in [0.29, 0.717) is 12.2 Å². The first kappa shape index (κ1) is 9.35. The highest BCUT2D eigenvalue weighted by molar-refractivity contribution is 7.09. The molecule has 4 heteroatoms. The monoisotopic (exact) mass is 184 g/mol. The molecule has 0 saturated carbocycles. The van der Waals surface area contributed by atoms with Gasteiger partial charge in [-0.1, -0.05) is 6.92 Å². The minimum atomic E-state index is -0.119. The molecular formula is C8H12N2OS. The van der Waals surface area contributed by atoms with Crippen LogP contribution in [-0.2, 0) is 0 Å². The van der Waals surface area contributed by atoms with Gasteiger partial charge in [-0.15, -0.1) is 11.3 Å². The maximum Gasteiger partial charge on any atom is 0.186 e. The first-order valence-corrected chi connectivity index (χ1v) is 4.69. The second-order valence-corrected chi connectivity index (χ2v) is 3.81. The molecule has 66 valence electrons. The first-order valence-electron chi connectivity index (χ1n) is 3.81. The quantitative estimate of drug-likeness (QED) is 0.719. The molecule has 0 amide bonds. The minimum Gasteiger partial charge on any atom is -0.330 e. The number of carbonyl (C=O) groups is 1. The lowest BCUT2D eigenvalue weighted by Crippen LogP contribution is -2.20. The highest BCUT2D eigenvalue weighted by Crippen LogP contribution is 2.11. The lowest BCUT2D eigenvalue weighted by molar-refractivity contribution is 0.0930. The van der Waals surface area contributed by atoms with Crippen LogP contribution in [0.2, 0.25) is 0 Å². The van der Waals surface area contributed by atoms with Gasteiger partial charge < -0.3 is 5.73 Å². The van der Waals surface area contributed by atoms with Gasteiger partial charge in [0.25, 0.3) is 0 Å². The minimum absolute atomic E-state index is 0.0434. The first-order chi connectivity index (χ1) is 5.65. The fourth-order valence-electron chi connectivity index (χ4n) is 0.836. The summed E-state index contributed by atoms with van der Waals surface area (Å²) in [5, 5.41) is 2.70. The molecule has 1 atom stereocenters. The Morgan fingerprint density at radius 1 is 1.83 bits per heavy atom. The molecule has 0 radical (unpaired) electrons. The van der Waals surface area contributed by atoms with Gasteiger partial charge in [0, 0.05) is 17.8 Å². The molecule has 0 aromatic carbocycles. The van der Waals surface area contributed by atoms with Crippen LogP contribution >= 0.6 is 11.3 Å². The average Bonchev–Trinajstić information content (AvgIpc) is 2.49. The molecule has 1 unspecified atom stereocenters. The molecule has 0 aliphatic heterocycles. The standard InChI is InChI=1S/C8H12N2OS/c1-5(3-9)8(11)7-4-12-6(2)10-7/h4-5H,3,9H2,1-2H3. The Bertz CT molecular complexity index is 282. The fraction of sp³-hybridized carbons (Fsp3) is 0.500. The van der Waals surface area contributed by atoms with Gasteiger partial charge in [0.2, 0.25) is 0 Å². The maximum atomic E-state index is 11.5. The van der Waals surface area contributed by atoms with E-state index < -0.39 is 0 Å². The van der Waals surface area contributed by atoms with Crippen LogP contribution in [-0.4, -0.2) is 17.3 Å². The number of aryl methyl sites for hydroxylation is 1. The summed E-state index contributed by atoms with van der Waals surface area (Å²) in [5.74, 6) is -0.0756. The second-order valence-electron chi connectivity index (χ2n) is 2.75. The number of aromatic nitrogens is 1. The Morgan fingerprint density at radius 3 is 2.92 bits per heavy atom. The predicted molar refractivity (Wildman–Crippen MR) is 49.4 cm³/mol. The second kappa shape index (κ2) is 3.78. The number of rotatable bonds is 3. The van der Waals surface area contributed by atoms with Crippen molar-refractivity contribution in [2.24, 2.45) is 11.7 Å². The summed E-state index contributed by atoms with van der Waals surface area (Å²) in [4.78, 5) is 15.5. The molecule has 1 aromatic rings. The van der Waals surface area contributed by atoms with E-state index >= 15 is 0 Å². The summed E-state index contributed by atoms with van der Waals surface area (Å²) in [6.45, 7) is 4.08. The number of carbonyl (C=O) groups excluding carboxylic acids is 1. The number of nitrogens with two attached hydrogens (primary N) is 1. The highest BCUT2D eigenvalue weighted by Gasteiger charge is 2.15. The Labute approximate surface area is 75.6 Å². The fourth-order valence-corrected chi connectivity index (χ4v) is 1.44. The maximum absolute atomic E-state index is 11.5. The Morgan fingerprint density at radius 2 is 2.50 bits per heavy atom. The van der Waals surface area contributed by atoms with Gasteiger partial charge >= 0.3 is 0 Å². The van der Waals surface area contributed by atoms with Crippen LogP contribution in [0.25, 0.3) is 0 Å². The van der Waals surface area contributed by atoms with Crippen molar-refractivity contribution >= 4 is 17.1 Å². The number of hydrogen-bond acceptors (Lipinski definition) is 4. The van der Waals surface area contributed by atoms with E-state index in [2.05, 4.69) is 4.98 Å². The van der Waals surface area contributed by atoms with Gasteiger partial charge in [0.1, 0.15) is 5.69 Å². The van der Waals surface area contributed by atoms with Crippen LogP contribution in [0, 0.1) is 12.8 Å². The molecule has 0 spiro atoms. The summed E-state index contributed by atoms with van der Waals surface area (Å²) in [6.07, 6.45) is 0. The molecule has 1 aromatic heterocycles. The van der Waals surface area contributed by atoms with Crippen molar-refractivity contribution in [1.82, 2.24) is 4.98 Å². The lowest BCUT2D eigenvalue weighted by Gasteiger charge is -2.02. The average molecular weight is 184 g/mol. The zero-order valence-electron chi connectivity index (χ0n) is 7.20. The third-order valence-corrected chi connectivity index (χ3v) is 2.45. The summed E-state index contributed by atoms with van der Waals surface area (Å²) >= 11 is 1.49. The van der Waals surface area contributed by atoms with E-state index in [9.17, 15) is 4.79 Å². The molecule has 0 saturated heterocycles. The van der Waals surface area contributed by atoms with Gasteiger partial charge in [0.05, 0.1) is 5.01 Å².